The van der Waals surface area contributed by atoms with Gasteiger partial charge in [0.25, 0.3) is 6.43 Å². The minimum absolute atomic E-state index is 0.0740. The molecular formula is C15H21F2NO. The molecule has 1 unspecified atom stereocenters. The lowest BCUT2D eigenvalue weighted by Crippen LogP contribution is -2.43. The average molecular weight is 269 g/mol. The number of nitrogens with one attached hydrogen (secondary N) is 1. The fraction of sp³-hybridized carbons (Fsp3) is 0.600. The summed E-state index contributed by atoms with van der Waals surface area (Å²) in [5.74, 6) is 0. The highest BCUT2D eigenvalue weighted by molar-refractivity contribution is 5.23. The largest absolute Gasteiger partial charge is 0.375 e. The lowest BCUT2D eigenvalue weighted by Gasteiger charge is -2.36. The van der Waals surface area contributed by atoms with E-state index in [1.165, 1.54) is 12.1 Å². The topological polar surface area (TPSA) is 21.3 Å². The molecule has 0 aliphatic carbocycles. The Hall–Kier alpha value is -1.00. The summed E-state index contributed by atoms with van der Waals surface area (Å²) in [7, 11) is 0. The van der Waals surface area contributed by atoms with Gasteiger partial charge in [0.2, 0.25) is 0 Å². The summed E-state index contributed by atoms with van der Waals surface area (Å²) in [5.41, 5.74) is 1.04. The summed E-state index contributed by atoms with van der Waals surface area (Å²) in [4.78, 5) is 0. The summed E-state index contributed by atoms with van der Waals surface area (Å²) in [5, 5.41) is 3.47. The Balaban J connectivity index is 1.85. The predicted molar refractivity (Wildman–Crippen MR) is 71.3 cm³/mol. The van der Waals surface area contributed by atoms with E-state index in [1.54, 1.807) is 12.1 Å². The fourth-order valence-electron chi connectivity index (χ4n) is 2.45. The van der Waals surface area contributed by atoms with Crippen molar-refractivity contribution in [1.29, 1.82) is 0 Å². The van der Waals surface area contributed by atoms with Gasteiger partial charge in [0.15, 0.2) is 0 Å². The van der Waals surface area contributed by atoms with Gasteiger partial charge in [0.05, 0.1) is 5.60 Å². The van der Waals surface area contributed by atoms with Gasteiger partial charge < -0.3 is 10.1 Å². The molecule has 1 saturated heterocycles. The van der Waals surface area contributed by atoms with Crippen LogP contribution in [0.25, 0.3) is 0 Å². The molecule has 19 heavy (non-hydrogen) atoms. The van der Waals surface area contributed by atoms with Gasteiger partial charge >= 0.3 is 0 Å². The van der Waals surface area contributed by atoms with Crippen molar-refractivity contribution < 1.29 is 13.5 Å². The van der Waals surface area contributed by atoms with Crippen LogP contribution in [0.4, 0.5) is 8.78 Å². The fourth-order valence-corrected chi connectivity index (χ4v) is 2.45. The number of rotatable bonds is 4. The first kappa shape index (κ1) is 14.4. The third-order valence-electron chi connectivity index (χ3n) is 3.52. The number of alkyl halides is 2. The molecule has 1 N–H and O–H groups in total. The van der Waals surface area contributed by atoms with Crippen molar-refractivity contribution in [2.24, 2.45) is 0 Å². The molecule has 0 aromatic heterocycles. The van der Waals surface area contributed by atoms with Gasteiger partial charge in [-0.25, -0.2) is 8.78 Å². The standard InChI is InChI=1S/C15H21F2NO/c1-15(2)9-13(7-8-19-15)18-10-11-3-5-12(6-4-11)14(16)17/h3-6,13-14,18H,7-10H2,1-2H3. The summed E-state index contributed by atoms with van der Waals surface area (Å²) in [6.45, 7) is 5.68. The second-order valence-electron chi connectivity index (χ2n) is 5.72. The maximum atomic E-state index is 12.4. The predicted octanol–water partition coefficient (Wildman–Crippen LogP) is 3.67. The zero-order valence-corrected chi connectivity index (χ0v) is 11.5. The highest BCUT2D eigenvalue weighted by atomic mass is 19.3. The van der Waals surface area contributed by atoms with E-state index < -0.39 is 6.43 Å². The molecule has 0 radical (unpaired) electrons. The summed E-state index contributed by atoms with van der Waals surface area (Å²) < 4.78 is 30.5. The van der Waals surface area contributed by atoms with Crippen LogP contribution in [0.1, 0.15) is 44.2 Å². The van der Waals surface area contributed by atoms with Crippen LogP contribution in [0.5, 0.6) is 0 Å². The lowest BCUT2D eigenvalue weighted by molar-refractivity contribution is -0.0630. The average Bonchev–Trinajstić information content (AvgIpc) is 2.36. The number of hydrogen-bond donors (Lipinski definition) is 1. The molecule has 1 heterocycles. The van der Waals surface area contributed by atoms with Crippen LogP contribution < -0.4 is 5.32 Å². The Kier molecular flexibility index (Phi) is 4.53. The Labute approximate surface area is 113 Å². The van der Waals surface area contributed by atoms with E-state index in [0.29, 0.717) is 12.6 Å². The highest BCUT2D eigenvalue weighted by Crippen LogP contribution is 2.24. The SMILES string of the molecule is CC1(C)CC(NCc2ccc(C(F)F)cc2)CCO1. The second kappa shape index (κ2) is 5.97. The van der Waals surface area contributed by atoms with Crippen molar-refractivity contribution in [3.63, 3.8) is 0 Å². The molecular weight excluding hydrogens is 248 g/mol. The Morgan fingerprint density at radius 1 is 1.32 bits per heavy atom. The maximum Gasteiger partial charge on any atom is 0.263 e. The van der Waals surface area contributed by atoms with Crippen LogP contribution in [0.15, 0.2) is 24.3 Å². The summed E-state index contributed by atoms with van der Waals surface area (Å²) in [6, 6.07) is 6.95. The summed E-state index contributed by atoms with van der Waals surface area (Å²) in [6.07, 6.45) is -0.418. The lowest BCUT2D eigenvalue weighted by atomic mass is 9.94. The molecule has 1 fully saturated rings. The van der Waals surface area contributed by atoms with Crippen molar-refractivity contribution in [2.75, 3.05) is 6.61 Å². The minimum Gasteiger partial charge on any atom is -0.375 e. The normalized spacial score (nSPS) is 22.7. The van der Waals surface area contributed by atoms with Crippen molar-refractivity contribution in [2.45, 2.75) is 51.3 Å². The van der Waals surface area contributed by atoms with Crippen molar-refractivity contribution in [3.05, 3.63) is 35.4 Å². The quantitative estimate of drug-likeness (QED) is 0.900. The smallest absolute Gasteiger partial charge is 0.263 e. The van der Waals surface area contributed by atoms with Crippen LogP contribution in [-0.2, 0) is 11.3 Å². The Morgan fingerprint density at radius 3 is 2.58 bits per heavy atom. The molecule has 2 nitrogen and oxygen atoms in total. The van der Waals surface area contributed by atoms with Gasteiger partial charge in [0, 0.05) is 24.8 Å². The maximum absolute atomic E-state index is 12.4. The summed E-state index contributed by atoms with van der Waals surface area (Å²) >= 11 is 0. The van der Waals surface area contributed by atoms with Gasteiger partial charge in [-0.1, -0.05) is 24.3 Å². The van der Waals surface area contributed by atoms with Crippen LogP contribution in [-0.4, -0.2) is 18.2 Å². The van der Waals surface area contributed by atoms with E-state index in [2.05, 4.69) is 19.2 Å². The van der Waals surface area contributed by atoms with Crippen molar-refractivity contribution >= 4 is 0 Å². The van der Waals surface area contributed by atoms with Gasteiger partial charge in [-0.3, -0.25) is 0 Å². The number of ether oxygens (including phenoxy) is 1. The van der Waals surface area contributed by atoms with E-state index in [0.717, 1.165) is 25.0 Å². The van der Waals surface area contributed by atoms with Crippen LogP contribution >= 0.6 is 0 Å². The van der Waals surface area contributed by atoms with Gasteiger partial charge in [-0.05, 0) is 32.3 Å². The van der Waals surface area contributed by atoms with Crippen LogP contribution in [0.2, 0.25) is 0 Å². The molecule has 0 bridgehead atoms. The van der Waals surface area contributed by atoms with Gasteiger partial charge in [-0.2, -0.15) is 0 Å². The molecule has 1 aliphatic heterocycles. The molecule has 2 rings (SSSR count). The second-order valence-corrected chi connectivity index (χ2v) is 5.72. The van der Waals surface area contributed by atoms with E-state index in [4.69, 9.17) is 4.74 Å². The molecule has 1 aliphatic rings. The van der Waals surface area contributed by atoms with E-state index in [-0.39, 0.29) is 11.2 Å². The monoisotopic (exact) mass is 269 g/mol. The molecule has 1 atom stereocenters. The molecule has 0 saturated carbocycles. The zero-order chi connectivity index (χ0) is 13.9. The first-order valence-electron chi connectivity index (χ1n) is 6.71. The third kappa shape index (κ3) is 4.25. The molecule has 1 aromatic rings. The molecule has 106 valence electrons. The van der Waals surface area contributed by atoms with E-state index in [9.17, 15) is 8.78 Å². The van der Waals surface area contributed by atoms with Gasteiger partial charge in [0.1, 0.15) is 0 Å². The number of benzene rings is 1. The van der Waals surface area contributed by atoms with Crippen molar-refractivity contribution in [1.82, 2.24) is 5.32 Å². The molecule has 0 amide bonds. The Bertz CT molecular complexity index is 403. The zero-order valence-electron chi connectivity index (χ0n) is 11.5. The third-order valence-corrected chi connectivity index (χ3v) is 3.52. The highest BCUT2D eigenvalue weighted by Gasteiger charge is 2.28. The molecule has 4 heteroatoms. The first-order chi connectivity index (χ1) is 8.96. The van der Waals surface area contributed by atoms with Crippen LogP contribution in [0, 0.1) is 0 Å². The molecule has 0 spiro atoms. The Morgan fingerprint density at radius 2 is 2.00 bits per heavy atom. The number of halogens is 2. The number of hydrogen-bond acceptors (Lipinski definition) is 2. The molecule has 1 aromatic carbocycles. The first-order valence-corrected chi connectivity index (χ1v) is 6.71. The van der Waals surface area contributed by atoms with E-state index in [1.807, 2.05) is 0 Å². The minimum atomic E-state index is -2.39. The van der Waals surface area contributed by atoms with Crippen molar-refractivity contribution in [3.8, 4) is 0 Å². The van der Waals surface area contributed by atoms with Crippen LogP contribution in [0.3, 0.4) is 0 Å². The van der Waals surface area contributed by atoms with E-state index >= 15 is 0 Å². The van der Waals surface area contributed by atoms with Gasteiger partial charge in [-0.15, -0.1) is 0 Å².